The molecule has 0 amide bonds. The SMILES string of the molecule is COc1ccn2cc(-c3ccc(Br)s3)nc2c1. The lowest BCUT2D eigenvalue weighted by Gasteiger charge is -1.98. The molecule has 3 rings (SSSR count). The molecular weight excluding hydrogens is 300 g/mol. The number of hydrogen-bond acceptors (Lipinski definition) is 3. The van der Waals surface area contributed by atoms with Crippen LogP contribution in [0.3, 0.4) is 0 Å². The van der Waals surface area contributed by atoms with E-state index >= 15 is 0 Å². The van der Waals surface area contributed by atoms with Crippen molar-refractivity contribution in [1.82, 2.24) is 9.38 Å². The van der Waals surface area contributed by atoms with E-state index in [4.69, 9.17) is 4.74 Å². The topological polar surface area (TPSA) is 26.5 Å². The minimum absolute atomic E-state index is 0.821. The van der Waals surface area contributed by atoms with Gasteiger partial charge in [0.15, 0.2) is 0 Å². The van der Waals surface area contributed by atoms with Crippen LogP contribution < -0.4 is 4.74 Å². The van der Waals surface area contributed by atoms with Crippen LogP contribution in [0.5, 0.6) is 5.75 Å². The van der Waals surface area contributed by atoms with Crippen LogP contribution in [0.4, 0.5) is 0 Å². The summed E-state index contributed by atoms with van der Waals surface area (Å²) in [5, 5.41) is 0. The number of rotatable bonds is 2. The number of imidazole rings is 1. The molecule has 86 valence electrons. The zero-order chi connectivity index (χ0) is 11.8. The van der Waals surface area contributed by atoms with Gasteiger partial charge in [0.2, 0.25) is 0 Å². The van der Waals surface area contributed by atoms with E-state index in [0.29, 0.717) is 0 Å². The molecule has 3 nitrogen and oxygen atoms in total. The van der Waals surface area contributed by atoms with Crippen molar-refractivity contribution in [2.45, 2.75) is 0 Å². The lowest BCUT2D eigenvalue weighted by Crippen LogP contribution is -1.85. The van der Waals surface area contributed by atoms with Crippen LogP contribution in [0.25, 0.3) is 16.2 Å². The summed E-state index contributed by atoms with van der Waals surface area (Å²) in [5.41, 5.74) is 1.87. The Kier molecular flexibility index (Phi) is 2.64. The summed E-state index contributed by atoms with van der Waals surface area (Å²) in [5.74, 6) is 0.821. The molecule has 0 atom stereocenters. The summed E-state index contributed by atoms with van der Waals surface area (Å²) in [6, 6.07) is 7.94. The van der Waals surface area contributed by atoms with Crippen molar-refractivity contribution in [2.24, 2.45) is 0 Å². The zero-order valence-corrected chi connectivity index (χ0v) is 11.5. The van der Waals surface area contributed by atoms with E-state index in [1.807, 2.05) is 35.0 Å². The third-order valence-corrected chi connectivity index (χ3v) is 4.14. The van der Waals surface area contributed by atoms with Gasteiger partial charge >= 0.3 is 0 Å². The Morgan fingerprint density at radius 3 is 2.94 bits per heavy atom. The predicted octanol–water partition coefficient (Wildman–Crippen LogP) is 3.83. The summed E-state index contributed by atoms with van der Waals surface area (Å²) in [7, 11) is 1.66. The van der Waals surface area contributed by atoms with E-state index in [1.165, 1.54) is 0 Å². The largest absolute Gasteiger partial charge is 0.497 e. The minimum Gasteiger partial charge on any atom is -0.497 e. The standard InChI is InChI=1S/C12H9BrN2OS/c1-16-8-4-5-15-7-9(14-12(15)6-8)10-2-3-11(13)17-10/h2-7H,1H3. The van der Waals surface area contributed by atoms with Crippen molar-refractivity contribution in [1.29, 1.82) is 0 Å². The molecule has 3 heterocycles. The maximum absolute atomic E-state index is 5.18. The Hall–Kier alpha value is -1.33. The number of fused-ring (bicyclic) bond motifs is 1. The molecule has 0 spiro atoms. The summed E-state index contributed by atoms with van der Waals surface area (Å²) >= 11 is 5.14. The smallest absolute Gasteiger partial charge is 0.141 e. The average molecular weight is 309 g/mol. The molecule has 0 radical (unpaired) electrons. The van der Waals surface area contributed by atoms with Crippen molar-refractivity contribution >= 4 is 32.9 Å². The normalized spacial score (nSPS) is 10.9. The van der Waals surface area contributed by atoms with E-state index in [9.17, 15) is 0 Å². The highest BCUT2D eigenvalue weighted by Crippen LogP contribution is 2.31. The van der Waals surface area contributed by atoms with Gasteiger partial charge in [-0.05, 0) is 34.1 Å². The van der Waals surface area contributed by atoms with Crippen molar-refractivity contribution in [3.63, 3.8) is 0 Å². The summed E-state index contributed by atoms with van der Waals surface area (Å²) in [6.45, 7) is 0. The zero-order valence-electron chi connectivity index (χ0n) is 9.05. The molecule has 0 bridgehead atoms. The first-order valence-corrected chi connectivity index (χ1v) is 6.66. The molecule has 0 aromatic carbocycles. The van der Waals surface area contributed by atoms with E-state index in [-0.39, 0.29) is 0 Å². The van der Waals surface area contributed by atoms with Crippen LogP contribution in [0.15, 0.2) is 40.4 Å². The van der Waals surface area contributed by atoms with E-state index in [2.05, 4.69) is 27.0 Å². The Morgan fingerprint density at radius 2 is 2.24 bits per heavy atom. The molecule has 3 aromatic rings. The Balaban J connectivity index is 2.13. The fourth-order valence-electron chi connectivity index (χ4n) is 1.66. The van der Waals surface area contributed by atoms with Crippen molar-refractivity contribution < 1.29 is 4.74 Å². The summed E-state index contributed by atoms with van der Waals surface area (Å²) in [4.78, 5) is 5.73. The molecule has 0 N–H and O–H groups in total. The van der Waals surface area contributed by atoms with Gasteiger partial charge < -0.3 is 9.14 Å². The Morgan fingerprint density at radius 1 is 1.35 bits per heavy atom. The van der Waals surface area contributed by atoms with Crippen LogP contribution in [-0.2, 0) is 0 Å². The molecule has 0 unspecified atom stereocenters. The number of hydrogen-bond donors (Lipinski definition) is 0. The van der Waals surface area contributed by atoms with Gasteiger partial charge in [-0.2, -0.15) is 0 Å². The quantitative estimate of drug-likeness (QED) is 0.719. The van der Waals surface area contributed by atoms with Gasteiger partial charge in [-0.15, -0.1) is 11.3 Å². The van der Waals surface area contributed by atoms with Crippen molar-refractivity contribution in [2.75, 3.05) is 7.11 Å². The van der Waals surface area contributed by atoms with Crippen LogP contribution >= 0.6 is 27.3 Å². The van der Waals surface area contributed by atoms with Gasteiger partial charge in [0.1, 0.15) is 11.4 Å². The van der Waals surface area contributed by atoms with Gasteiger partial charge in [0, 0.05) is 18.5 Å². The summed E-state index contributed by atoms with van der Waals surface area (Å²) in [6.07, 6.45) is 3.97. The van der Waals surface area contributed by atoms with Gasteiger partial charge in [-0.1, -0.05) is 0 Å². The molecule has 5 heteroatoms. The fraction of sp³-hybridized carbons (Fsp3) is 0.0833. The lowest BCUT2D eigenvalue weighted by atomic mass is 10.4. The van der Waals surface area contributed by atoms with Crippen LogP contribution in [-0.4, -0.2) is 16.5 Å². The van der Waals surface area contributed by atoms with Crippen LogP contribution in [0.1, 0.15) is 0 Å². The molecule has 0 saturated carbocycles. The molecule has 0 fully saturated rings. The highest BCUT2D eigenvalue weighted by molar-refractivity contribution is 9.11. The number of thiophene rings is 1. The third-order valence-electron chi connectivity index (χ3n) is 2.49. The number of ether oxygens (including phenoxy) is 1. The van der Waals surface area contributed by atoms with E-state index in [1.54, 1.807) is 18.4 Å². The molecular formula is C12H9BrN2OS. The van der Waals surface area contributed by atoms with Gasteiger partial charge in [-0.25, -0.2) is 4.98 Å². The van der Waals surface area contributed by atoms with Gasteiger partial charge in [-0.3, -0.25) is 0 Å². The first-order chi connectivity index (χ1) is 8.26. The highest BCUT2D eigenvalue weighted by atomic mass is 79.9. The molecule has 17 heavy (non-hydrogen) atoms. The van der Waals surface area contributed by atoms with E-state index in [0.717, 1.165) is 25.8 Å². The monoisotopic (exact) mass is 308 g/mol. The molecule has 0 aliphatic heterocycles. The van der Waals surface area contributed by atoms with Crippen LogP contribution in [0, 0.1) is 0 Å². The molecule has 0 aliphatic rings. The Bertz CT molecular complexity index is 674. The van der Waals surface area contributed by atoms with Gasteiger partial charge in [0.05, 0.1) is 21.5 Å². The minimum atomic E-state index is 0.821. The predicted molar refractivity (Wildman–Crippen MR) is 72.8 cm³/mol. The number of pyridine rings is 1. The number of nitrogens with zero attached hydrogens (tertiary/aromatic N) is 2. The fourth-order valence-corrected chi connectivity index (χ4v) is 3.00. The Labute approximate surface area is 111 Å². The maximum Gasteiger partial charge on any atom is 0.141 e. The highest BCUT2D eigenvalue weighted by Gasteiger charge is 2.07. The molecule has 3 aromatic heterocycles. The second kappa shape index (κ2) is 4.16. The number of aromatic nitrogens is 2. The average Bonchev–Trinajstić information content (AvgIpc) is 2.93. The van der Waals surface area contributed by atoms with Gasteiger partial charge in [0.25, 0.3) is 0 Å². The second-order valence-electron chi connectivity index (χ2n) is 3.56. The maximum atomic E-state index is 5.18. The molecule has 0 aliphatic carbocycles. The third kappa shape index (κ3) is 1.96. The van der Waals surface area contributed by atoms with Crippen LogP contribution in [0.2, 0.25) is 0 Å². The lowest BCUT2D eigenvalue weighted by molar-refractivity contribution is 0.414. The first-order valence-electron chi connectivity index (χ1n) is 5.05. The second-order valence-corrected chi connectivity index (χ2v) is 6.02. The van der Waals surface area contributed by atoms with Crippen molar-refractivity contribution in [3.05, 3.63) is 40.4 Å². The number of halogens is 1. The summed E-state index contributed by atoms with van der Waals surface area (Å²) < 4.78 is 8.29. The van der Waals surface area contributed by atoms with Crippen molar-refractivity contribution in [3.8, 4) is 16.3 Å². The number of methoxy groups -OCH3 is 1. The van der Waals surface area contributed by atoms with E-state index < -0.39 is 0 Å². The molecule has 0 saturated heterocycles. The first kappa shape index (κ1) is 10.8.